The highest BCUT2D eigenvalue weighted by Crippen LogP contribution is 2.27. The van der Waals surface area contributed by atoms with E-state index in [1.165, 1.54) is 7.11 Å². The molecule has 0 spiro atoms. The lowest BCUT2D eigenvalue weighted by molar-refractivity contribution is -0.121. The van der Waals surface area contributed by atoms with Crippen LogP contribution >= 0.6 is 0 Å². The van der Waals surface area contributed by atoms with E-state index in [0.29, 0.717) is 17.1 Å². The third-order valence-corrected chi connectivity index (χ3v) is 3.75. The van der Waals surface area contributed by atoms with Gasteiger partial charge in [-0.15, -0.1) is 0 Å². The van der Waals surface area contributed by atoms with Crippen molar-refractivity contribution < 1.29 is 19.1 Å². The predicted octanol–water partition coefficient (Wildman–Crippen LogP) is 2.32. The fourth-order valence-electron chi connectivity index (χ4n) is 2.48. The SMILES string of the molecule is COc1ccc(CC(=O)NNC(=O)c2ccc(C)cc2C)cc1OC. The average molecular weight is 342 g/mol. The maximum absolute atomic E-state index is 12.2. The highest BCUT2D eigenvalue weighted by molar-refractivity contribution is 5.96. The topological polar surface area (TPSA) is 76.7 Å². The molecule has 0 aliphatic heterocycles. The summed E-state index contributed by atoms with van der Waals surface area (Å²) in [5.74, 6) is 0.463. The number of methoxy groups -OCH3 is 2. The Morgan fingerprint density at radius 2 is 1.64 bits per heavy atom. The molecule has 132 valence electrons. The third kappa shape index (κ3) is 4.73. The zero-order valence-electron chi connectivity index (χ0n) is 14.8. The van der Waals surface area contributed by atoms with Crippen LogP contribution in [-0.4, -0.2) is 26.0 Å². The van der Waals surface area contributed by atoms with Gasteiger partial charge in [0.05, 0.1) is 20.6 Å². The number of ether oxygens (including phenoxy) is 2. The number of benzene rings is 2. The minimum absolute atomic E-state index is 0.105. The normalized spacial score (nSPS) is 10.1. The number of nitrogens with one attached hydrogen (secondary N) is 2. The average Bonchev–Trinajstić information content (AvgIpc) is 2.59. The van der Waals surface area contributed by atoms with Gasteiger partial charge in [0.25, 0.3) is 5.91 Å². The van der Waals surface area contributed by atoms with Gasteiger partial charge in [-0.05, 0) is 43.2 Å². The molecule has 0 unspecified atom stereocenters. The molecule has 0 bridgehead atoms. The van der Waals surface area contributed by atoms with E-state index in [0.717, 1.165) is 16.7 Å². The number of aryl methyl sites for hydroxylation is 2. The van der Waals surface area contributed by atoms with Crippen LogP contribution in [0.25, 0.3) is 0 Å². The monoisotopic (exact) mass is 342 g/mol. The van der Waals surface area contributed by atoms with Crippen molar-refractivity contribution in [3.05, 3.63) is 58.7 Å². The Morgan fingerprint density at radius 3 is 2.28 bits per heavy atom. The number of carbonyl (C=O) groups is 2. The Kier molecular flexibility index (Phi) is 6.00. The van der Waals surface area contributed by atoms with Crippen LogP contribution in [0.5, 0.6) is 11.5 Å². The van der Waals surface area contributed by atoms with Crippen LogP contribution in [-0.2, 0) is 11.2 Å². The summed E-state index contributed by atoms with van der Waals surface area (Å²) in [4.78, 5) is 24.2. The van der Waals surface area contributed by atoms with Gasteiger partial charge in [0.15, 0.2) is 11.5 Å². The van der Waals surface area contributed by atoms with E-state index in [-0.39, 0.29) is 18.2 Å². The maximum Gasteiger partial charge on any atom is 0.269 e. The summed E-state index contributed by atoms with van der Waals surface area (Å²) in [5, 5.41) is 0. The van der Waals surface area contributed by atoms with Crippen LogP contribution < -0.4 is 20.3 Å². The summed E-state index contributed by atoms with van der Waals surface area (Å²) in [6.45, 7) is 3.81. The molecule has 0 fully saturated rings. The molecular formula is C19H22N2O4. The van der Waals surface area contributed by atoms with Crippen LogP contribution in [0.3, 0.4) is 0 Å². The predicted molar refractivity (Wildman–Crippen MR) is 94.8 cm³/mol. The van der Waals surface area contributed by atoms with E-state index in [4.69, 9.17) is 9.47 Å². The number of hydrazine groups is 1. The molecule has 0 saturated heterocycles. The second-order valence-electron chi connectivity index (χ2n) is 5.69. The van der Waals surface area contributed by atoms with Crippen molar-refractivity contribution in [2.24, 2.45) is 0 Å². The van der Waals surface area contributed by atoms with Gasteiger partial charge in [-0.3, -0.25) is 20.4 Å². The van der Waals surface area contributed by atoms with Crippen LogP contribution in [0.4, 0.5) is 0 Å². The molecule has 25 heavy (non-hydrogen) atoms. The molecule has 2 rings (SSSR count). The molecule has 6 heteroatoms. The highest BCUT2D eigenvalue weighted by atomic mass is 16.5. The molecular weight excluding hydrogens is 320 g/mol. The highest BCUT2D eigenvalue weighted by Gasteiger charge is 2.12. The van der Waals surface area contributed by atoms with E-state index >= 15 is 0 Å². The lowest BCUT2D eigenvalue weighted by atomic mass is 10.1. The van der Waals surface area contributed by atoms with Crippen molar-refractivity contribution in [3.8, 4) is 11.5 Å². The van der Waals surface area contributed by atoms with Crippen molar-refractivity contribution in [3.63, 3.8) is 0 Å². The Labute approximate surface area is 147 Å². The Morgan fingerprint density at radius 1 is 0.920 bits per heavy atom. The Balaban J connectivity index is 1.95. The second kappa shape index (κ2) is 8.19. The van der Waals surface area contributed by atoms with E-state index in [1.807, 2.05) is 26.0 Å². The van der Waals surface area contributed by atoms with E-state index in [2.05, 4.69) is 10.9 Å². The minimum Gasteiger partial charge on any atom is -0.493 e. The number of rotatable bonds is 5. The lowest BCUT2D eigenvalue weighted by Gasteiger charge is -2.11. The Hall–Kier alpha value is -3.02. The zero-order chi connectivity index (χ0) is 18.4. The molecule has 0 aliphatic rings. The van der Waals surface area contributed by atoms with Crippen molar-refractivity contribution in [1.82, 2.24) is 10.9 Å². The molecule has 0 atom stereocenters. The number of amides is 2. The summed E-state index contributed by atoms with van der Waals surface area (Å²) in [6, 6.07) is 10.7. The van der Waals surface area contributed by atoms with Crippen molar-refractivity contribution in [2.45, 2.75) is 20.3 Å². The molecule has 2 N–H and O–H groups in total. The Bertz CT molecular complexity index is 787. The summed E-state index contributed by atoms with van der Waals surface area (Å²) in [7, 11) is 3.08. The van der Waals surface area contributed by atoms with Crippen molar-refractivity contribution >= 4 is 11.8 Å². The summed E-state index contributed by atoms with van der Waals surface area (Å²) >= 11 is 0. The molecule has 0 radical (unpaired) electrons. The summed E-state index contributed by atoms with van der Waals surface area (Å²) in [5.41, 5.74) is 8.06. The molecule has 2 amide bonds. The van der Waals surface area contributed by atoms with Gasteiger partial charge in [0.2, 0.25) is 5.91 Å². The minimum atomic E-state index is -0.349. The smallest absolute Gasteiger partial charge is 0.269 e. The number of hydrogen-bond donors (Lipinski definition) is 2. The van der Waals surface area contributed by atoms with Gasteiger partial charge in [0, 0.05) is 5.56 Å². The molecule has 2 aromatic rings. The third-order valence-electron chi connectivity index (χ3n) is 3.75. The lowest BCUT2D eigenvalue weighted by Crippen LogP contribution is -2.42. The molecule has 0 aliphatic carbocycles. The fraction of sp³-hybridized carbons (Fsp3) is 0.263. The molecule has 0 saturated carbocycles. The van der Waals surface area contributed by atoms with Crippen molar-refractivity contribution in [1.29, 1.82) is 0 Å². The first-order valence-corrected chi connectivity index (χ1v) is 7.82. The number of carbonyl (C=O) groups excluding carboxylic acids is 2. The first-order valence-electron chi connectivity index (χ1n) is 7.82. The van der Waals surface area contributed by atoms with Gasteiger partial charge < -0.3 is 9.47 Å². The van der Waals surface area contributed by atoms with Gasteiger partial charge >= 0.3 is 0 Å². The van der Waals surface area contributed by atoms with Gasteiger partial charge in [-0.1, -0.05) is 23.8 Å². The van der Waals surface area contributed by atoms with Gasteiger partial charge in [0.1, 0.15) is 0 Å². The molecule has 2 aromatic carbocycles. The van der Waals surface area contributed by atoms with Crippen LogP contribution in [0.15, 0.2) is 36.4 Å². The van der Waals surface area contributed by atoms with Crippen LogP contribution in [0.1, 0.15) is 27.0 Å². The van der Waals surface area contributed by atoms with Crippen LogP contribution in [0.2, 0.25) is 0 Å². The zero-order valence-corrected chi connectivity index (χ0v) is 14.8. The first kappa shape index (κ1) is 18.3. The van der Waals surface area contributed by atoms with E-state index in [1.54, 1.807) is 31.4 Å². The van der Waals surface area contributed by atoms with Crippen molar-refractivity contribution in [2.75, 3.05) is 14.2 Å². The van der Waals surface area contributed by atoms with E-state index < -0.39 is 0 Å². The number of hydrogen-bond acceptors (Lipinski definition) is 4. The molecule has 0 heterocycles. The largest absolute Gasteiger partial charge is 0.493 e. The molecule has 6 nitrogen and oxygen atoms in total. The van der Waals surface area contributed by atoms with Crippen LogP contribution in [0, 0.1) is 13.8 Å². The fourth-order valence-corrected chi connectivity index (χ4v) is 2.48. The first-order chi connectivity index (χ1) is 11.9. The second-order valence-corrected chi connectivity index (χ2v) is 5.69. The van der Waals surface area contributed by atoms with E-state index in [9.17, 15) is 9.59 Å². The molecule has 0 aromatic heterocycles. The standard InChI is InChI=1S/C19H22N2O4/c1-12-5-7-15(13(2)9-12)19(23)21-20-18(22)11-14-6-8-16(24-3)17(10-14)25-4/h5-10H,11H2,1-4H3,(H,20,22)(H,21,23). The summed E-state index contributed by atoms with van der Waals surface area (Å²) in [6.07, 6.45) is 0.105. The summed E-state index contributed by atoms with van der Waals surface area (Å²) < 4.78 is 10.4. The maximum atomic E-state index is 12.2. The quantitative estimate of drug-likeness (QED) is 0.818. The van der Waals surface area contributed by atoms with Gasteiger partial charge in [-0.2, -0.15) is 0 Å². The van der Waals surface area contributed by atoms with Gasteiger partial charge in [-0.25, -0.2) is 0 Å².